The molecular formula is C7H8ClNO. The number of rotatable bonds is 3. The molecule has 0 radical (unpaired) electrons. The molecule has 0 bridgehead atoms. The first kappa shape index (κ1) is 7.35. The van der Waals surface area contributed by atoms with Gasteiger partial charge in [-0.15, -0.1) is 11.6 Å². The predicted molar refractivity (Wildman–Crippen MR) is 40.5 cm³/mol. The Labute approximate surface area is 64.8 Å². The van der Waals surface area contributed by atoms with Crippen LogP contribution < -0.4 is 4.74 Å². The molecule has 1 rings (SSSR count). The monoisotopic (exact) mass is 157 g/mol. The fraction of sp³-hybridized carbons (Fsp3) is 0.286. The largest absolute Gasteiger partial charge is 0.492 e. The number of halogens is 1. The van der Waals surface area contributed by atoms with E-state index >= 15 is 0 Å². The van der Waals surface area contributed by atoms with Crippen LogP contribution in [0.1, 0.15) is 0 Å². The zero-order valence-corrected chi connectivity index (χ0v) is 6.21. The smallest absolute Gasteiger partial charge is 0.122 e. The first-order chi connectivity index (χ1) is 4.93. The van der Waals surface area contributed by atoms with Gasteiger partial charge in [0.05, 0.1) is 5.88 Å². The second-order valence-electron chi connectivity index (χ2n) is 1.72. The highest BCUT2D eigenvalue weighted by atomic mass is 35.5. The minimum atomic E-state index is 0.516. The third-order valence-electron chi connectivity index (χ3n) is 0.996. The van der Waals surface area contributed by atoms with Crippen LogP contribution in [-0.4, -0.2) is 17.5 Å². The molecular weight excluding hydrogens is 150 g/mol. The summed E-state index contributed by atoms with van der Waals surface area (Å²) in [6.45, 7) is 0.547. The normalized spacial score (nSPS) is 9.30. The van der Waals surface area contributed by atoms with Crippen LogP contribution in [-0.2, 0) is 0 Å². The van der Waals surface area contributed by atoms with Crippen LogP contribution in [0.3, 0.4) is 0 Å². The lowest BCUT2D eigenvalue weighted by atomic mass is 10.5. The van der Waals surface area contributed by atoms with Gasteiger partial charge in [0.1, 0.15) is 12.4 Å². The van der Waals surface area contributed by atoms with Gasteiger partial charge in [-0.2, -0.15) is 0 Å². The van der Waals surface area contributed by atoms with Crippen LogP contribution in [0.25, 0.3) is 0 Å². The highest BCUT2D eigenvalue weighted by Crippen LogP contribution is 2.05. The molecule has 2 nitrogen and oxygen atoms in total. The Morgan fingerprint density at radius 2 is 2.10 bits per heavy atom. The van der Waals surface area contributed by atoms with Crippen molar-refractivity contribution < 1.29 is 4.74 Å². The number of ether oxygens (including phenoxy) is 1. The Bertz CT molecular complexity index is 178. The Kier molecular flexibility index (Phi) is 3.03. The van der Waals surface area contributed by atoms with E-state index in [0.717, 1.165) is 5.75 Å². The average Bonchev–Trinajstić information content (AvgIpc) is 2.03. The number of hydrogen-bond acceptors (Lipinski definition) is 2. The quantitative estimate of drug-likeness (QED) is 0.624. The van der Waals surface area contributed by atoms with Gasteiger partial charge in [0, 0.05) is 12.4 Å². The van der Waals surface area contributed by atoms with Crippen molar-refractivity contribution in [3.05, 3.63) is 24.5 Å². The van der Waals surface area contributed by atoms with Gasteiger partial charge < -0.3 is 4.74 Å². The molecule has 0 spiro atoms. The number of hydrogen-bond donors (Lipinski definition) is 0. The molecule has 1 aromatic rings. The zero-order chi connectivity index (χ0) is 7.23. The highest BCUT2D eigenvalue weighted by molar-refractivity contribution is 6.17. The summed E-state index contributed by atoms with van der Waals surface area (Å²) < 4.78 is 5.18. The molecule has 0 aliphatic heterocycles. The Hall–Kier alpha value is -0.760. The van der Waals surface area contributed by atoms with Crippen LogP contribution in [0.4, 0.5) is 0 Å². The molecule has 0 unspecified atom stereocenters. The molecule has 0 aliphatic rings. The van der Waals surface area contributed by atoms with Gasteiger partial charge in [-0.1, -0.05) is 0 Å². The first-order valence-corrected chi connectivity index (χ1v) is 3.55. The maximum Gasteiger partial charge on any atom is 0.122 e. The van der Waals surface area contributed by atoms with E-state index in [4.69, 9.17) is 16.3 Å². The predicted octanol–water partition coefficient (Wildman–Crippen LogP) is 1.70. The van der Waals surface area contributed by atoms with Crippen molar-refractivity contribution in [1.29, 1.82) is 0 Å². The van der Waals surface area contributed by atoms with Crippen molar-refractivity contribution in [2.75, 3.05) is 12.5 Å². The molecule has 0 N–H and O–H groups in total. The summed E-state index contributed by atoms with van der Waals surface area (Å²) in [4.78, 5) is 3.84. The van der Waals surface area contributed by atoms with E-state index in [1.165, 1.54) is 0 Å². The molecule has 0 amide bonds. The number of nitrogens with zero attached hydrogens (tertiary/aromatic N) is 1. The molecule has 54 valence electrons. The van der Waals surface area contributed by atoms with E-state index in [0.29, 0.717) is 12.5 Å². The van der Waals surface area contributed by atoms with Gasteiger partial charge in [-0.3, -0.25) is 4.98 Å². The van der Waals surface area contributed by atoms with E-state index in [1.807, 2.05) is 0 Å². The summed E-state index contributed by atoms with van der Waals surface area (Å²) in [6, 6.07) is 3.60. The van der Waals surface area contributed by atoms with Crippen LogP contribution >= 0.6 is 11.6 Å². The van der Waals surface area contributed by atoms with Gasteiger partial charge in [-0.25, -0.2) is 0 Å². The molecule has 0 fully saturated rings. The molecule has 3 heteroatoms. The van der Waals surface area contributed by atoms with Crippen LogP contribution in [0.5, 0.6) is 5.75 Å². The van der Waals surface area contributed by atoms with Crippen molar-refractivity contribution in [1.82, 2.24) is 4.98 Å². The second-order valence-corrected chi connectivity index (χ2v) is 2.10. The summed E-state index contributed by atoms with van der Waals surface area (Å²) in [7, 11) is 0. The van der Waals surface area contributed by atoms with Crippen LogP contribution in [0, 0.1) is 0 Å². The molecule has 1 aromatic heterocycles. The number of alkyl halides is 1. The van der Waals surface area contributed by atoms with Gasteiger partial charge in [0.25, 0.3) is 0 Å². The Morgan fingerprint density at radius 1 is 1.40 bits per heavy atom. The maximum atomic E-state index is 5.41. The van der Waals surface area contributed by atoms with Crippen LogP contribution in [0.15, 0.2) is 24.5 Å². The van der Waals surface area contributed by atoms with E-state index in [-0.39, 0.29) is 0 Å². The molecule has 10 heavy (non-hydrogen) atoms. The van der Waals surface area contributed by atoms with E-state index in [2.05, 4.69) is 4.98 Å². The Morgan fingerprint density at radius 3 is 2.70 bits per heavy atom. The molecule has 0 saturated carbocycles. The fourth-order valence-electron chi connectivity index (χ4n) is 0.591. The summed E-state index contributed by atoms with van der Waals surface area (Å²) in [5.74, 6) is 1.33. The van der Waals surface area contributed by atoms with Crippen molar-refractivity contribution >= 4 is 11.6 Å². The minimum absolute atomic E-state index is 0.516. The van der Waals surface area contributed by atoms with E-state index < -0.39 is 0 Å². The van der Waals surface area contributed by atoms with Crippen molar-refractivity contribution in [3.8, 4) is 5.75 Å². The minimum Gasteiger partial charge on any atom is -0.492 e. The molecule has 0 saturated heterocycles. The number of pyridine rings is 1. The number of aromatic nitrogens is 1. The fourth-order valence-corrected chi connectivity index (χ4v) is 0.668. The lowest BCUT2D eigenvalue weighted by Gasteiger charge is -2.00. The van der Waals surface area contributed by atoms with Gasteiger partial charge in [-0.05, 0) is 12.1 Å². The van der Waals surface area contributed by atoms with E-state index in [9.17, 15) is 0 Å². The zero-order valence-electron chi connectivity index (χ0n) is 5.46. The SMILES string of the molecule is ClCCOc1ccncc1. The summed E-state index contributed by atoms with van der Waals surface area (Å²) in [5, 5.41) is 0. The lowest BCUT2D eigenvalue weighted by molar-refractivity contribution is 0.342. The van der Waals surface area contributed by atoms with E-state index in [1.54, 1.807) is 24.5 Å². The van der Waals surface area contributed by atoms with Crippen molar-refractivity contribution in [3.63, 3.8) is 0 Å². The van der Waals surface area contributed by atoms with Crippen molar-refractivity contribution in [2.24, 2.45) is 0 Å². The average molecular weight is 158 g/mol. The third kappa shape index (κ3) is 2.23. The molecule has 1 heterocycles. The Balaban J connectivity index is 2.43. The summed E-state index contributed by atoms with van der Waals surface area (Å²) in [5.41, 5.74) is 0. The van der Waals surface area contributed by atoms with Gasteiger partial charge in [0.2, 0.25) is 0 Å². The molecule has 0 aliphatic carbocycles. The third-order valence-corrected chi connectivity index (χ3v) is 1.15. The first-order valence-electron chi connectivity index (χ1n) is 3.02. The molecule has 0 atom stereocenters. The lowest BCUT2D eigenvalue weighted by Crippen LogP contribution is -1.97. The van der Waals surface area contributed by atoms with Gasteiger partial charge >= 0.3 is 0 Å². The van der Waals surface area contributed by atoms with Gasteiger partial charge in [0.15, 0.2) is 0 Å². The maximum absolute atomic E-state index is 5.41. The second kappa shape index (κ2) is 4.12. The summed E-state index contributed by atoms with van der Waals surface area (Å²) >= 11 is 5.41. The summed E-state index contributed by atoms with van der Waals surface area (Å²) in [6.07, 6.45) is 3.37. The topological polar surface area (TPSA) is 22.1 Å². The molecule has 0 aromatic carbocycles. The standard InChI is InChI=1S/C7H8ClNO/c8-3-6-10-7-1-4-9-5-2-7/h1-2,4-5H,3,6H2. The highest BCUT2D eigenvalue weighted by Gasteiger charge is 1.87. The van der Waals surface area contributed by atoms with Crippen molar-refractivity contribution in [2.45, 2.75) is 0 Å². The van der Waals surface area contributed by atoms with Crippen LogP contribution in [0.2, 0.25) is 0 Å².